The molecular formula is C14H14Br2N2. The molecule has 0 saturated carbocycles. The van der Waals surface area contributed by atoms with Gasteiger partial charge in [0.2, 0.25) is 0 Å². The van der Waals surface area contributed by atoms with Crippen molar-refractivity contribution in [2.45, 2.75) is 19.8 Å². The van der Waals surface area contributed by atoms with Crippen LogP contribution >= 0.6 is 31.9 Å². The number of rotatable bonds is 4. The fourth-order valence-corrected chi connectivity index (χ4v) is 2.85. The minimum absolute atomic E-state index is 0.835. The Kier molecular flexibility index (Phi) is 4.78. The van der Waals surface area contributed by atoms with Gasteiger partial charge in [-0.15, -0.1) is 0 Å². The maximum Gasteiger partial charge on any atom is 0.144 e. The molecule has 0 atom stereocenters. The second-order valence-corrected chi connectivity index (χ2v) is 5.79. The van der Waals surface area contributed by atoms with Gasteiger partial charge in [0.1, 0.15) is 5.82 Å². The van der Waals surface area contributed by atoms with Gasteiger partial charge in [0.25, 0.3) is 0 Å². The lowest BCUT2D eigenvalue weighted by Crippen LogP contribution is -1.98. The van der Waals surface area contributed by atoms with Crippen LogP contribution in [0, 0.1) is 0 Å². The molecule has 0 unspecified atom stereocenters. The van der Waals surface area contributed by atoms with Crippen LogP contribution in [-0.4, -0.2) is 4.98 Å². The molecule has 0 fully saturated rings. The van der Waals surface area contributed by atoms with Gasteiger partial charge in [-0.05, 0) is 56.0 Å². The summed E-state index contributed by atoms with van der Waals surface area (Å²) in [4.78, 5) is 4.37. The molecule has 1 aromatic heterocycles. The Morgan fingerprint density at radius 2 is 2.00 bits per heavy atom. The average molecular weight is 370 g/mol. The van der Waals surface area contributed by atoms with E-state index < -0.39 is 0 Å². The number of aryl methyl sites for hydroxylation is 1. The molecule has 0 amide bonds. The Labute approximate surface area is 124 Å². The van der Waals surface area contributed by atoms with Gasteiger partial charge in [0, 0.05) is 16.4 Å². The number of para-hydroxylation sites is 1. The Balaban J connectivity index is 2.28. The van der Waals surface area contributed by atoms with Crippen molar-refractivity contribution in [2.75, 3.05) is 5.32 Å². The van der Waals surface area contributed by atoms with Gasteiger partial charge in [-0.1, -0.05) is 31.5 Å². The third kappa shape index (κ3) is 3.33. The second kappa shape index (κ2) is 6.34. The largest absolute Gasteiger partial charge is 0.339 e. The lowest BCUT2D eigenvalue weighted by molar-refractivity contribution is 0.923. The molecule has 1 N–H and O–H groups in total. The maximum atomic E-state index is 4.37. The van der Waals surface area contributed by atoms with Crippen LogP contribution in [0.3, 0.4) is 0 Å². The smallest absolute Gasteiger partial charge is 0.144 e. The highest BCUT2D eigenvalue weighted by Crippen LogP contribution is 2.28. The van der Waals surface area contributed by atoms with Gasteiger partial charge < -0.3 is 5.32 Å². The highest BCUT2D eigenvalue weighted by molar-refractivity contribution is 9.11. The van der Waals surface area contributed by atoms with Gasteiger partial charge in [0.05, 0.1) is 4.47 Å². The fourth-order valence-electron chi connectivity index (χ4n) is 1.76. The molecule has 4 heteroatoms. The zero-order valence-corrected chi connectivity index (χ0v) is 13.3. The van der Waals surface area contributed by atoms with Crippen LogP contribution in [-0.2, 0) is 6.42 Å². The molecule has 1 aromatic carbocycles. The van der Waals surface area contributed by atoms with Crippen LogP contribution < -0.4 is 5.32 Å². The first-order valence-corrected chi connectivity index (χ1v) is 7.45. The summed E-state index contributed by atoms with van der Waals surface area (Å²) in [6.07, 6.45) is 3.99. The Bertz CT molecular complexity index is 541. The van der Waals surface area contributed by atoms with Crippen molar-refractivity contribution in [3.63, 3.8) is 0 Å². The van der Waals surface area contributed by atoms with Crippen molar-refractivity contribution >= 4 is 43.4 Å². The monoisotopic (exact) mass is 368 g/mol. The van der Waals surface area contributed by atoms with Gasteiger partial charge in [-0.3, -0.25) is 0 Å². The van der Waals surface area contributed by atoms with Gasteiger partial charge in [0.15, 0.2) is 0 Å². The number of anilines is 2. The van der Waals surface area contributed by atoms with Crippen LogP contribution in [0.5, 0.6) is 0 Å². The zero-order chi connectivity index (χ0) is 13.0. The van der Waals surface area contributed by atoms with Crippen LogP contribution in [0.4, 0.5) is 11.5 Å². The second-order valence-electron chi connectivity index (χ2n) is 4.02. The number of benzene rings is 1. The molecule has 94 valence electrons. The summed E-state index contributed by atoms with van der Waals surface area (Å²) in [5.41, 5.74) is 2.44. The summed E-state index contributed by atoms with van der Waals surface area (Å²) in [5, 5.41) is 3.37. The van der Waals surface area contributed by atoms with Crippen molar-refractivity contribution in [1.82, 2.24) is 4.98 Å². The van der Waals surface area contributed by atoms with E-state index in [1.807, 2.05) is 12.1 Å². The summed E-state index contributed by atoms with van der Waals surface area (Å²) in [5.74, 6) is 0.835. The molecule has 0 saturated heterocycles. The number of nitrogens with one attached hydrogen (secondary N) is 1. The predicted octanol–water partition coefficient (Wildman–Crippen LogP) is 5.30. The van der Waals surface area contributed by atoms with Crippen molar-refractivity contribution < 1.29 is 0 Å². The molecule has 2 nitrogen and oxygen atoms in total. The molecule has 18 heavy (non-hydrogen) atoms. The maximum absolute atomic E-state index is 4.37. The normalized spacial score (nSPS) is 10.4. The van der Waals surface area contributed by atoms with E-state index in [1.54, 1.807) is 6.20 Å². The van der Waals surface area contributed by atoms with E-state index in [9.17, 15) is 0 Å². The quantitative estimate of drug-likeness (QED) is 0.790. The highest BCUT2D eigenvalue weighted by atomic mass is 79.9. The van der Waals surface area contributed by atoms with Crippen molar-refractivity contribution in [3.8, 4) is 0 Å². The third-order valence-corrected chi connectivity index (χ3v) is 3.64. The van der Waals surface area contributed by atoms with Crippen LogP contribution in [0.1, 0.15) is 18.9 Å². The molecule has 0 aliphatic carbocycles. The number of halogens is 2. The molecular weight excluding hydrogens is 356 g/mol. The van der Waals surface area contributed by atoms with Gasteiger partial charge in [-0.25, -0.2) is 4.98 Å². The van der Waals surface area contributed by atoms with Gasteiger partial charge in [-0.2, -0.15) is 0 Å². The summed E-state index contributed by atoms with van der Waals surface area (Å²) in [6.45, 7) is 2.19. The van der Waals surface area contributed by atoms with Crippen molar-refractivity contribution in [3.05, 3.63) is 51.0 Å². The van der Waals surface area contributed by atoms with E-state index in [0.29, 0.717) is 0 Å². The summed E-state index contributed by atoms with van der Waals surface area (Å²) in [7, 11) is 0. The SMILES string of the molecule is CCCc1ccccc1Nc1ncc(Br)cc1Br. The molecule has 1 heterocycles. The lowest BCUT2D eigenvalue weighted by Gasteiger charge is -2.12. The number of hydrogen-bond acceptors (Lipinski definition) is 2. The topological polar surface area (TPSA) is 24.9 Å². The summed E-state index contributed by atoms with van der Waals surface area (Å²) < 4.78 is 1.91. The first-order valence-electron chi connectivity index (χ1n) is 5.86. The number of aromatic nitrogens is 1. The first-order chi connectivity index (χ1) is 8.70. The summed E-state index contributed by atoms with van der Waals surface area (Å²) >= 11 is 6.91. The molecule has 0 spiro atoms. The molecule has 2 rings (SSSR count). The van der Waals surface area contributed by atoms with Crippen molar-refractivity contribution in [1.29, 1.82) is 0 Å². The van der Waals surface area contributed by atoms with E-state index in [-0.39, 0.29) is 0 Å². The Morgan fingerprint density at radius 1 is 1.22 bits per heavy atom. The van der Waals surface area contributed by atoms with E-state index in [0.717, 1.165) is 33.3 Å². The van der Waals surface area contributed by atoms with E-state index in [2.05, 4.69) is 67.3 Å². The van der Waals surface area contributed by atoms with Crippen molar-refractivity contribution in [2.24, 2.45) is 0 Å². The standard InChI is InChI=1S/C14H14Br2N2/c1-2-5-10-6-3-4-7-13(10)18-14-12(16)8-11(15)9-17-14/h3-4,6-9H,2,5H2,1H3,(H,17,18). The van der Waals surface area contributed by atoms with Gasteiger partial charge >= 0.3 is 0 Å². The highest BCUT2D eigenvalue weighted by Gasteiger charge is 2.05. The molecule has 0 bridgehead atoms. The number of hydrogen-bond donors (Lipinski definition) is 1. The minimum atomic E-state index is 0.835. The number of pyridine rings is 1. The van der Waals surface area contributed by atoms with E-state index >= 15 is 0 Å². The molecule has 0 aliphatic rings. The van der Waals surface area contributed by atoms with Crippen LogP contribution in [0.25, 0.3) is 0 Å². The molecule has 0 radical (unpaired) electrons. The van der Waals surface area contributed by atoms with E-state index in [4.69, 9.17) is 0 Å². The summed E-state index contributed by atoms with van der Waals surface area (Å²) in [6, 6.07) is 10.3. The molecule has 0 aliphatic heterocycles. The number of nitrogens with zero attached hydrogens (tertiary/aromatic N) is 1. The third-order valence-electron chi connectivity index (χ3n) is 2.60. The zero-order valence-electron chi connectivity index (χ0n) is 10.1. The predicted molar refractivity (Wildman–Crippen MR) is 83.4 cm³/mol. The lowest BCUT2D eigenvalue weighted by atomic mass is 10.1. The van der Waals surface area contributed by atoms with E-state index in [1.165, 1.54) is 5.56 Å². The Morgan fingerprint density at radius 3 is 2.72 bits per heavy atom. The average Bonchev–Trinajstić information content (AvgIpc) is 2.35. The first kappa shape index (κ1) is 13.6. The fraction of sp³-hybridized carbons (Fsp3) is 0.214. The van der Waals surface area contributed by atoms with Crippen LogP contribution in [0.15, 0.2) is 45.5 Å². The minimum Gasteiger partial charge on any atom is -0.339 e. The Hall–Kier alpha value is -0.870. The molecule has 2 aromatic rings. The van der Waals surface area contributed by atoms with Crippen LogP contribution in [0.2, 0.25) is 0 Å².